The molecule has 0 aliphatic rings. The van der Waals surface area contributed by atoms with Gasteiger partial charge in [0.15, 0.2) is 5.75 Å². The maximum atomic E-state index is 12.1. The van der Waals surface area contributed by atoms with Crippen molar-refractivity contribution in [1.29, 1.82) is 0 Å². The van der Waals surface area contributed by atoms with Crippen molar-refractivity contribution in [2.45, 2.75) is 6.42 Å². The van der Waals surface area contributed by atoms with E-state index in [1.807, 2.05) is 36.4 Å². The van der Waals surface area contributed by atoms with Crippen LogP contribution in [0.4, 0.5) is 0 Å². The van der Waals surface area contributed by atoms with E-state index >= 15 is 0 Å². The van der Waals surface area contributed by atoms with Crippen LogP contribution in [-0.2, 0) is 4.74 Å². The molecule has 0 radical (unpaired) electrons. The fourth-order valence-corrected chi connectivity index (χ4v) is 3.07. The zero-order valence-corrected chi connectivity index (χ0v) is 15.3. The Labute approximate surface area is 160 Å². The molecule has 0 atom stereocenters. The van der Waals surface area contributed by atoms with Gasteiger partial charge in [0, 0.05) is 18.6 Å². The summed E-state index contributed by atoms with van der Waals surface area (Å²) in [4.78, 5) is 12.1. The third-order valence-electron chi connectivity index (χ3n) is 3.74. The number of benzene rings is 3. The average molecular weight is 391 g/mol. The van der Waals surface area contributed by atoms with Crippen LogP contribution in [0.1, 0.15) is 16.8 Å². The van der Waals surface area contributed by atoms with Crippen LogP contribution in [0.25, 0.3) is 10.8 Å². The molecule has 0 saturated heterocycles. The van der Waals surface area contributed by atoms with Crippen LogP contribution >= 0.6 is 23.2 Å². The van der Waals surface area contributed by atoms with E-state index in [9.17, 15) is 9.90 Å². The summed E-state index contributed by atoms with van der Waals surface area (Å²) in [6, 6.07) is 16.0. The lowest BCUT2D eigenvalue weighted by atomic mass is 10.1. The number of halogens is 2. The van der Waals surface area contributed by atoms with Crippen LogP contribution in [-0.4, -0.2) is 24.3 Å². The molecule has 3 aromatic carbocycles. The topological polar surface area (TPSA) is 55.8 Å². The van der Waals surface area contributed by atoms with Crippen molar-refractivity contribution in [3.63, 3.8) is 0 Å². The van der Waals surface area contributed by atoms with Crippen molar-refractivity contribution in [2.24, 2.45) is 0 Å². The summed E-state index contributed by atoms with van der Waals surface area (Å²) in [6.45, 7) is 0.480. The van der Waals surface area contributed by atoms with Crippen LogP contribution in [0.3, 0.4) is 0 Å². The molecule has 0 saturated carbocycles. The smallest absolute Gasteiger partial charge is 0.338 e. The SMILES string of the molecule is O=C(OCCCOc1c(Cl)cc(O)cc1Cl)c1ccc2ccccc2c1. The van der Waals surface area contributed by atoms with Crippen LogP contribution in [0.5, 0.6) is 11.5 Å². The first-order valence-corrected chi connectivity index (χ1v) is 8.77. The molecule has 134 valence electrons. The highest BCUT2D eigenvalue weighted by Crippen LogP contribution is 2.36. The summed E-state index contributed by atoms with van der Waals surface area (Å²) in [7, 11) is 0. The average Bonchev–Trinajstić information content (AvgIpc) is 2.62. The zero-order valence-electron chi connectivity index (χ0n) is 13.7. The molecule has 0 unspecified atom stereocenters. The predicted octanol–water partition coefficient (Wildman–Crippen LogP) is 5.48. The van der Waals surface area contributed by atoms with Gasteiger partial charge in [-0.05, 0) is 22.9 Å². The summed E-state index contributed by atoms with van der Waals surface area (Å²) in [5, 5.41) is 11.9. The zero-order chi connectivity index (χ0) is 18.5. The van der Waals surface area contributed by atoms with Crippen LogP contribution in [0, 0.1) is 0 Å². The Morgan fingerprint density at radius 1 is 0.923 bits per heavy atom. The Morgan fingerprint density at radius 2 is 1.62 bits per heavy atom. The molecule has 3 aromatic rings. The van der Waals surface area contributed by atoms with Gasteiger partial charge in [0.25, 0.3) is 0 Å². The van der Waals surface area contributed by atoms with E-state index < -0.39 is 0 Å². The summed E-state index contributed by atoms with van der Waals surface area (Å²) in [5.41, 5.74) is 0.509. The molecule has 0 aliphatic heterocycles. The van der Waals surface area contributed by atoms with Crippen molar-refractivity contribution in [3.05, 3.63) is 70.2 Å². The number of carbonyl (C=O) groups is 1. The molecule has 0 amide bonds. The molecule has 26 heavy (non-hydrogen) atoms. The Balaban J connectivity index is 1.49. The third-order valence-corrected chi connectivity index (χ3v) is 4.30. The Kier molecular flexibility index (Phi) is 5.86. The number of hydrogen-bond donors (Lipinski definition) is 1. The van der Waals surface area contributed by atoms with Crippen LogP contribution in [0.2, 0.25) is 10.0 Å². The lowest BCUT2D eigenvalue weighted by Crippen LogP contribution is -2.09. The number of rotatable bonds is 6. The first-order chi connectivity index (χ1) is 12.5. The number of aromatic hydroxyl groups is 1. The first-order valence-electron chi connectivity index (χ1n) is 8.01. The molecule has 0 fully saturated rings. The molecular formula is C20H16Cl2O4. The Hall–Kier alpha value is -2.43. The number of ether oxygens (including phenoxy) is 2. The number of phenols is 1. The molecule has 4 nitrogen and oxygen atoms in total. The van der Waals surface area contributed by atoms with E-state index in [2.05, 4.69) is 0 Å². The standard InChI is InChI=1S/C20H16Cl2O4/c21-17-11-16(23)12-18(22)19(17)25-8-3-9-26-20(24)15-7-6-13-4-1-2-5-14(13)10-15/h1-2,4-7,10-12,23H,3,8-9H2. The van der Waals surface area contributed by atoms with E-state index in [1.54, 1.807) is 6.07 Å². The van der Waals surface area contributed by atoms with E-state index in [1.165, 1.54) is 12.1 Å². The minimum absolute atomic E-state index is 0.0309. The number of carbonyl (C=O) groups excluding carboxylic acids is 1. The predicted molar refractivity (Wildman–Crippen MR) is 102 cm³/mol. The van der Waals surface area contributed by atoms with Gasteiger partial charge in [-0.15, -0.1) is 0 Å². The lowest BCUT2D eigenvalue weighted by Gasteiger charge is -2.10. The van der Waals surface area contributed by atoms with Gasteiger partial charge in [-0.3, -0.25) is 0 Å². The fraction of sp³-hybridized carbons (Fsp3) is 0.150. The highest BCUT2D eigenvalue weighted by atomic mass is 35.5. The van der Waals surface area contributed by atoms with Crippen molar-refractivity contribution >= 4 is 39.9 Å². The lowest BCUT2D eigenvalue weighted by molar-refractivity contribution is 0.0486. The molecule has 6 heteroatoms. The van der Waals surface area contributed by atoms with Crippen molar-refractivity contribution in [2.75, 3.05) is 13.2 Å². The maximum absolute atomic E-state index is 12.1. The highest BCUT2D eigenvalue weighted by Gasteiger charge is 2.10. The molecule has 0 aliphatic carbocycles. The Morgan fingerprint density at radius 3 is 2.35 bits per heavy atom. The highest BCUT2D eigenvalue weighted by molar-refractivity contribution is 6.37. The van der Waals surface area contributed by atoms with Crippen molar-refractivity contribution < 1.29 is 19.4 Å². The van der Waals surface area contributed by atoms with E-state index in [0.29, 0.717) is 17.7 Å². The van der Waals surface area contributed by atoms with E-state index in [4.69, 9.17) is 32.7 Å². The van der Waals surface area contributed by atoms with E-state index in [0.717, 1.165) is 10.8 Å². The fourth-order valence-electron chi connectivity index (χ4n) is 2.48. The van der Waals surface area contributed by atoms with Gasteiger partial charge in [0.1, 0.15) is 5.75 Å². The second-order valence-corrected chi connectivity index (χ2v) is 6.45. The van der Waals surface area contributed by atoms with Gasteiger partial charge < -0.3 is 14.6 Å². The molecule has 0 spiro atoms. The molecule has 1 N–H and O–H groups in total. The molecule has 0 aromatic heterocycles. The van der Waals surface area contributed by atoms with Gasteiger partial charge in [0.05, 0.1) is 28.8 Å². The summed E-state index contributed by atoms with van der Waals surface area (Å²) in [5.74, 6) is -0.111. The minimum Gasteiger partial charge on any atom is -0.508 e. The third kappa shape index (κ3) is 4.40. The monoisotopic (exact) mass is 390 g/mol. The normalized spacial score (nSPS) is 10.7. The van der Waals surface area contributed by atoms with Crippen LogP contribution in [0.15, 0.2) is 54.6 Å². The van der Waals surface area contributed by atoms with Gasteiger partial charge in [0.2, 0.25) is 0 Å². The van der Waals surface area contributed by atoms with E-state index in [-0.39, 0.29) is 35.0 Å². The number of phenolic OH excluding ortho intramolecular Hbond substituents is 1. The first kappa shape index (κ1) is 18.4. The maximum Gasteiger partial charge on any atom is 0.338 e. The summed E-state index contributed by atoms with van der Waals surface area (Å²) in [6.07, 6.45) is 0.479. The van der Waals surface area contributed by atoms with Crippen LogP contribution < -0.4 is 4.74 Å². The summed E-state index contributed by atoms with van der Waals surface area (Å²) < 4.78 is 10.8. The van der Waals surface area contributed by atoms with Gasteiger partial charge in [-0.25, -0.2) is 4.79 Å². The molecule has 3 rings (SSSR count). The van der Waals surface area contributed by atoms with Crippen molar-refractivity contribution in [3.8, 4) is 11.5 Å². The quantitative estimate of drug-likeness (QED) is 0.447. The second-order valence-electron chi connectivity index (χ2n) is 5.64. The van der Waals surface area contributed by atoms with Crippen molar-refractivity contribution in [1.82, 2.24) is 0 Å². The minimum atomic E-state index is -0.378. The molecular weight excluding hydrogens is 375 g/mol. The summed E-state index contributed by atoms with van der Waals surface area (Å²) >= 11 is 11.9. The second kappa shape index (κ2) is 8.30. The van der Waals surface area contributed by atoms with Gasteiger partial charge in [-0.2, -0.15) is 0 Å². The number of hydrogen-bond acceptors (Lipinski definition) is 4. The number of esters is 1. The molecule has 0 heterocycles. The van der Waals surface area contributed by atoms with Gasteiger partial charge in [-0.1, -0.05) is 53.5 Å². The number of fused-ring (bicyclic) bond motifs is 1. The largest absolute Gasteiger partial charge is 0.508 e. The Bertz CT molecular complexity index is 917. The van der Waals surface area contributed by atoms with Gasteiger partial charge >= 0.3 is 5.97 Å². The molecule has 0 bridgehead atoms.